The van der Waals surface area contributed by atoms with Crippen molar-refractivity contribution in [3.05, 3.63) is 58.1 Å². The van der Waals surface area contributed by atoms with Gasteiger partial charge in [-0.2, -0.15) is 4.31 Å². The standard InChI is InChI=1S/C23H27NO4S/c1-15-5-8-21(17(3)13-15)29(26,27)24-11-9-23(10-12-24)14-20(25)19-7-6-16(2)18(4)22(19)28-23/h5-8,13H,9-12,14H2,1-4H3. The quantitative estimate of drug-likeness (QED) is 0.743. The highest BCUT2D eigenvalue weighted by Gasteiger charge is 2.45. The van der Waals surface area contributed by atoms with E-state index in [2.05, 4.69) is 0 Å². The summed E-state index contributed by atoms with van der Waals surface area (Å²) in [5.74, 6) is 0.756. The molecule has 2 aromatic rings. The molecule has 0 N–H and O–H groups in total. The van der Waals surface area contributed by atoms with E-state index in [1.54, 1.807) is 6.07 Å². The average Bonchev–Trinajstić information content (AvgIpc) is 2.65. The molecule has 2 aromatic carbocycles. The molecule has 0 amide bonds. The number of Topliss-reactive ketones (excluding diaryl/α,β-unsaturated/α-hetero) is 1. The number of piperidine rings is 1. The highest BCUT2D eigenvalue weighted by Crippen LogP contribution is 2.42. The molecule has 0 saturated carbocycles. The number of ether oxygens (including phenoxy) is 1. The van der Waals surface area contributed by atoms with Crippen LogP contribution in [0, 0.1) is 27.7 Å². The molecule has 0 atom stereocenters. The van der Waals surface area contributed by atoms with Crippen LogP contribution in [0.5, 0.6) is 5.75 Å². The van der Waals surface area contributed by atoms with Crippen molar-refractivity contribution in [2.45, 2.75) is 57.5 Å². The number of hydrogen-bond donors (Lipinski definition) is 0. The number of fused-ring (bicyclic) bond motifs is 1. The minimum absolute atomic E-state index is 0.0834. The van der Waals surface area contributed by atoms with Crippen LogP contribution in [0.4, 0.5) is 0 Å². The van der Waals surface area contributed by atoms with Crippen molar-refractivity contribution < 1.29 is 17.9 Å². The van der Waals surface area contributed by atoms with Crippen LogP contribution in [0.3, 0.4) is 0 Å². The normalized spacial score (nSPS) is 19.1. The Labute approximate surface area is 172 Å². The van der Waals surface area contributed by atoms with Gasteiger partial charge in [0.25, 0.3) is 0 Å². The second-order valence-electron chi connectivity index (χ2n) is 8.44. The van der Waals surface area contributed by atoms with Crippen LogP contribution in [0.1, 0.15) is 51.9 Å². The third-order valence-electron chi connectivity index (χ3n) is 6.36. The van der Waals surface area contributed by atoms with Gasteiger partial charge in [-0.3, -0.25) is 4.79 Å². The van der Waals surface area contributed by atoms with Crippen molar-refractivity contribution in [3.8, 4) is 5.75 Å². The molecule has 2 aliphatic heterocycles. The Morgan fingerprint density at radius 1 is 0.966 bits per heavy atom. The van der Waals surface area contributed by atoms with Crippen LogP contribution in [0.15, 0.2) is 35.2 Å². The summed E-state index contributed by atoms with van der Waals surface area (Å²) in [6.07, 6.45) is 1.32. The van der Waals surface area contributed by atoms with Gasteiger partial charge >= 0.3 is 0 Å². The van der Waals surface area contributed by atoms with Crippen LogP contribution in [-0.4, -0.2) is 37.2 Å². The number of benzene rings is 2. The first-order chi connectivity index (χ1) is 13.6. The molecule has 0 aromatic heterocycles. The first-order valence-electron chi connectivity index (χ1n) is 10.0. The van der Waals surface area contributed by atoms with Crippen LogP contribution >= 0.6 is 0 Å². The van der Waals surface area contributed by atoms with Crippen molar-refractivity contribution in [2.75, 3.05) is 13.1 Å². The molecule has 6 heteroatoms. The number of ketones is 1. The maximum Gasteiger partial charge on any atom is 0.243 e. The van der Waals surface area contributed by atoms with E-state index in [1.165, 1.54) is 4.31 Å². The molecule has 1 spiro atoms. The van der Waals surface area contributed by atoms with E-state index < -0.39 is 15.6 Å². The van der Waals surface area contributed by atoms with Crippen molar-refractivity contribution in [2.24, 2.45) is 0 Å². The maximum atomic E-state index is 13.2. The zero-order chi connectivity index (χ0) is 21.0. The fourth-order valence-electron chi connectivity index (χ4n) is 4.42. The van der Waals surface area contributed by atoms with Gasteiger partial charge in [0.05, 0.1) is 16.9 Å². The van der Waals surface area contributed by atoms with Crippen LogP contribution < -0.4 is 4.74 Å². The molecule has 2 aliphatic rings. The molecule has 0 radical (unpaired) electrons. The molecule has 2 heterocycles. The summed E-state index contributed by atoms with van der Waals surface area (Å²) in [6.45, 7) is 8.46. The SMILES string of the molecule is Cc1ccc(S(=O)(=O)N2CCC3(CC2)CC(=O)c2ccc(C)c(C)c2O3)c(C)c1. The lowest BCUT2D eigenvalue weighted by molar-refractivity contribution is 0.00532. The highest BCUT2D eigenvalue weighted by molar-refractivity contribution is 7.89. The lowest BCUT2D eigenvalue weighted by atomic mass is 9.82. The second-order valence-corrected chi connectivity index (χ2v) is 10.3. The fourth-order valence-corrected chi connectivity index (χ4v) is 6.07. The van der Waals surface area contributed by atoms with Gasteiger partial charge in [0.1, 0.15) is 11.4 Å². The van der Waals surface area contributed by atoms with Crippen molar-refractivity contribution in [1.29, 1.82) is 0 Å². The van der Waals surface area contributed by atoms with Crippen molar-refractivity contribution >= 4 is 15.8 Å². The molecule has 4 rings (SSSR count). The minimum atomic E-state index is -3.56. The lowest BCUT2D eigenvalue weighted by Crippen LogP contribution is -2.52. The van der Waals surface area contributed by atoms with Gasteiger partial charge in [-0.1, -0.05) is 23.8 Å². The lowest BCUT2D eigenvalue weighted by Gasteiger charge is -2.44. The smallest absolute Gasteiger partial charge is 0.243 e. The Morgan fingerprint density at radius 3 is 2.31 bits per heavy atom. The van der Waals surface area contributed by atoms with Gasteiger partial charge < -0.3 is 4.74 Å². The number of carbonyl (C=O) groups is 1. The van der Waals surface area contributed by atoms with Crippen LogP contribution in [0.25, 0.3) is 0 Å². The summed E-state index contributed by atoms with van der Waals surface area (Å²) in [5, 5.41) is 0. The number of nitrogens with zero attached hydrogens (tertiary/aromatic N) is 1. The van der Waals surface area contributed by atoms with Gasteiger partial charge in [0.2, 0.25) is 10.0 Å². The van der Waals surface area contributed by atoms with E-state index in [0.717, 1.165) is 22.3 Å². The Hall–Kier alpha value is -2.18. The summed E-state index contributed by atoms with van der Waals surface area (Å²) in [7, 11) is -3.56. The van der Waals surface area contributed by atoms with Crippen molar-refractivity contribution in [3.63, 3.8) is 0 Å². The Kier molecular flexibility index (Phi) is 4.82. The molecule has 0 bridgehead atoms. The predicted molar refractivity (Wildman–Crippen MR) is 112 cm³/mol. The first-order valence-corrected chi connectivity index (χ1v) is 11.5. The summed E-state index contributed by atoms with van der Waals surface area (Å²) in [6, 6.07) is 9.20. The van der Waals surface area contributed by atoms with Gasteiger partial charge in [-0.05, 0) is 56.5 Å². The Balaban J connectivity index is 1.58. The van der Waals surface area contributed by atoms with E-state index in [9.17, 15) is 13.2 Å². The molecule has 1 fully saturated rings. The summed E-state index contributed by atoms with van der Waals surface area (Å²) >= 11 is 0. The topological polar surface area (TPSA) is 63.7 Å². The summed E-state index contributed by atoms with van der Waals surface area (Å²) < 4.78 is 34.3. The molecule has 29 heavy (non-hydrogen) atoms. The van der Waals surface area contributed by atoms with Gasteiger partial charge in [0, 0.05) is 25.9 Å². The van der Waals surface area contributed by atoms with Crippen molar-refractivity contribution in [1.82, 2.24) is 4.31 Å². The number of aryl methyl sites for hydroxylation is 3. The minimum Gasteiger partial charge on any atom is -0.486 e. The fraction of sp³-hybridized carbons (Fsp3) is 0.435. The largest absolute Gasteiger partial charge is 0.486 e. The van der Waals surface area contributed by atoms with E-state index in [-0.39, 0.29) is 5.78 Å². The molecule has 0 unspecified atom stereocenters. The monoisotopic (exact) mass is 413 g/mol. The van der Waals surface area contributed by atoms with E-state index in [0.29, 0.717) is 48.6 Å². The summed E-state index contributed by atoms with van der Waals surface area (Å²) in [5.41, 5.74) is 3.90. The predicted octanol–water partition coefficient (Wildman–Crippen LogP) is 4.11. The number of hydrogen-bond acceptors (Lipinski definition) is 4. The third-order valence-corrected chi connectivity index (χ3v) is 8.42. The first kappa shape index (κ1) is 20.1. The number of rotatable bonds is 2. The average molecular weight is 414 g/mol. The van der Waals surface area contributed by atoms with Gasteiger partial charge in [-0.25, -0.2) is 8.42 Å². The van der Waals surface area contributed by atoms with E-state index >= 15 is 0 Å². The Morgan fingerprint density at radius 2 is 1.66 bits per heavy atom. The van der Waals surface area contributed by atoms with E-state index in [1.807, 2.05) is 52.0 Å². The highest BCUT2D eigenvalue weighted by atomic mass is 32.2. The van der Waals surface area contributed by atoms with Gasteiger partial charge in [0.15, 0.2) is 5.78 Å². The van der Waals surface area contributed by atoms with Crippen LogP contribution in [-0.2, 0) is 10.0 Å². The Bertz CT molecular complexity index is 1100. The third kappa shape index (κ3) is 3.38. The molecule has 154 valence electrons. The second kappa shape index (κ2) is 6.96. The zero-order valence-electron chi connectivity index (χ0n) is 17.4. The van der Waals surface area contributed by atoms with E-state index in [4.69, 9.17) is 4.74 Å². The molecule has 5 nitrogen and oxygen atoms in total. The summed E-state index contributed by atoms with van der Waals surface area (Å²) in [4.78, 5) is 13.1. The number of carbonyl (C=O) groups excluding carboxylic acids is 1. The number of sulfonamides is 1. The zero-order valence-corrected chi connectivity index (χ0v) is 18.2. The molecule has 1 saturated heterocycles. The molecular formula is C23H27NO4S. The molecular weight excluding hydrogens is 386 g/mol. The van der Waals surface area contributed by atoms with Crippen LogP contribution in [0.2, 0.25) is 0 Å². The molecule has 0 aliphatic carbocycles. The maximum absolute atomic E-state index is 13.2. The van der Waals surface area contributed by atoms with Gasteiger partial charge in [-0.15, -0.1) is 0 Å².